The van der Waals surface area contributed by atoms with E-state index in [9.17, 15) is 4.79 Å². The Morgan fingerprint density at radius 1 is 1.33 bits per heavy atom. The summed E-state index contributed by atoms with van der Waals surface area (Å²) in [5, 5.41) is 6.71. The monoisotopic (exact) mass is 309 g/mol. The molecule has 112 valence electrons. The van der Waals surface area contributed by atoms with E-state index in [1.807, 2.05) is 12.1 Å². The number of hydrogen-bond acceptors (Lipinski definition) is 4. The molecule has 8 heteroatoms. The topological polar surface area (TPSA) is 119 Å². The summed E-state index contributed by atoms with van der Waals surface area (Å²) >= 11 is 0. The number of nitrogens with one attached hydrogen (secondary N) is 1. The van der Waals surface area contributed by atoms with Crippen LogP contribution in [0.5, 0.6) is 0 Å². The number of guanidine groups is 1. The summed E-state index contributed by atoms with van der Waals surface area (Å²) in [6.45, 7) is 2.07. The first-order chi connectivity index (χ1) is 9.60. The summed E-state index contributed by atoms with van der Waals surface area (Å²) in [7, 11) is 0. The molecule has 0 bridgehead atoms. The van der Waals surface area contributed by atoms with Gasteiger partial charge in [-0.1, -0.05) is 12.1 Å². The van der Waals surface area contributed by atoms with Crippen molar-refractivity contribution in [2.24, 2.45) is 16.5 Å². The highest BCUT2D eigenvalue weighted by atomic mass is 35.5. The van der Waals surface area contributed by atoms with E-state index in [1.165, 1.54) is 0 Å². The standard InChI is InChI=1S/C13H15N5O2.ClH/c1-2-20-12(19)11-7-10(17-18-11)8-3-5-9(6-4-8)16-13(14)15;/h3-7H,2H2,1H3,(H,17,18)(H4,14,15,16);1H. The zero-order chi connectivity index (χ0) is 14.5. The number of rotatable bonds is 4. The molecule has 1 heterocycles. The van der Waals surface area contributed by atoms with Crippen molar-refractivity contribution in [2.75, 3.05) is 6.61 Å². The second-order valence-electron chi connectivity index (χ2n) is 3.97. The fourth-order valence-corrected chi connectivity index (χ4v) is 1.64. The van der Waals surface area contributed by atoms with E-state index in [1.54, 1.807) is 25.1 Å². The summed E-state index contributed by atoms with van der Waals surface area (Å²) in [5.74, 6) is -0.425. The maximum absolute atomic E-state index is 11.5. The van der Waals surface area contributed by atoms with Gasteiger partial charge in [-0.25, -0.2) is 9.79 Å². The molecule has 21 heavy (non-hydrogen) atoms. The fraction of sp³-hybridized carbons (Fsp3) is 0.154. The number of aromatic amines is 1. The van der Waals surface area contributed by atoms with Crippen LogP contribution in [0.4, 0.5) is 5.69 Å². The second kappa shape index (κ2) is 7.30. The largest absolute Gasteiger partial charge is 0.461 e. The number of halogens is 1. The molecule has 0 saturated carbocycles. The Morgan fingerprint density at radius 2 is 2.00 bits per heavy atom. The number of aliphatic imine (C=N–C) groups is 1. The molecular weight excluding hydrogens is 294 g/mol. The smallest absolute Gasteiger partial charge is 0.356 e. The normalized spacial score (nSPS) is 9.57. The number of carbonyl (C=O) groups excluding carboxylic acids is 1. The fourth-order valence-electron chi connectivity index (χ4n) is 1.64. The van der Waals surface area contributed by atoms with Crippen molar-refractivity contribution < 1.29 is 9.53 Å². The molecule has 0 saturated heterocycles. The highest BCUT2D eigenvalue weighted by molar-refractivity contribution is 5.88. The lowest BCUT2D eigenvalue weighted by molar-refractivity contribution is 0.0519. The lowest BCUT2D eigenvalue weighted by atomic mass is 10.1. The summed E-state index contributed by atoms with van der Waals surface area (Å²) in [6.07, 6.45) is 0. The van der Waals surface area contributed by atoms with Crippen molar-refractivity contribution in [3.63, 3.8) is 0 Å². The van der Waals surface area contributed by atoms with E-state index in [-0.39, 0.29) is 18.4 Å². The van der Waals surface area contributed by atoms with Gasteiger partial charge in [0.1, 0.15) is 5.69 Å². The maximum Gasteiger partial charge on any atom is 0.356 e. The van der Waals surface area contributed by atoms with E-state index in [0.29, 0.717) is 23.7 Å². The molecule has 0 aliphatic rings. The van der Waals surface area contributed by atoms with Crippen LogP contribution in [0.2, 0.25) is 0 Å². The number of nitrogens with two attached hydrogens (primary N) is 2. The van der Waals surface area contributed by atoms with Crippen molar-refractivity contribution in [2.45, 2.75) is 6.92 Å². The Hall–Kier alpha value is -2.54. The van der Waals surface area contributed by atoms with Gasteiger partial charge >= 0.3 is 5.97 Å². The summed E-state index contributed by atoms with van der Waals surface area (Å²) in [6, 6.07) is 8.77. The predicted molar refractivity (Wildman–Crippen MR) is 82.7 cm³/mol. The molecule has 7 nitrogen and oxygen atoms in total. The summed E-state index contributed by atoms with van der Waals surface area (Å²) in [4.78, 5) is 15.4. The first-order valence-corrected chi connectivity index (χ1v) is 6.02. The van der Waals surface area contributed by atoms with Crippen LogP contribution in [-0.4, -0.2) is 28.7 Å². The van der Waals surface area contributed by atoms with Crippen molar-refractivity contribution in [3.05, 3.63) is 36.0 Å². The van der Waals surface area contributed by atoms with Crippen molar-refractivity contribution >= 4 is 30.0 Å². The highest BCUT2D eigenvalue weighted by Gasteiger charge is 2.11. The van der Waals surface area contributed by atoms with Gasteiger partial charge in [0.05, 0.1) is 18.0 Å². The van der Waals surface area contributed by atoms with Crippen molar-refractivity contribution in [1.82, 2.24) is 10.2 Å². The maximum atomic E-state index is 11.5. The third-order valence-corrected chi connectivity index (χ3v) is 2.49. The highest BCUT2D eigenvalue weighted by Crippen LogP contribution is 2.21. The lowest BCUT2D eigenvalue weighted by Crippen LogP contribution is -2.21. The quantitative estimate of drug-likeness (QED) is 0.450. The second-order valence-corrected chi connectivity index (χ2v) is 3.97. The zero-order valence-electron chi connectivity index (χ0n) is 11.4. The van der Waals surface area contributed by atoms with Gasteiger partial charge in [-0.2, -0.15) is 5.10 Å². The molecule has 2 aromatic rings. The van der Waals surface area contributed by atoms with Crippen LogP contribution in [0.15, 0.2) is 35.3 Å². The van der Waals surface area contributed by atoms with Gasteiger partial charge in [0, 0.05) is 5.56 Å². The molecule has 0 amide bonds. The Labute approximate surface area is 127 Å². The first-order valence-electron chi connectivity index (χ1n) is 6.02. The van der Waals surface area contributed by atoms with Crippen LogP contribution in [-0.2, 0) is 4.74 Å². The number of hydrogen-bond donors (Lipinski definition) is 3. The van der Waals surface area contributed by atoms with Gasteiger partial charge in [-0.3, -0.25) is 5.10 Å². The molecule has 0 aliphatic heterocycles. The number of ether oxygens (including phenoxy) is 1. The summed E-state index contributed by atoms with van der Waals surface area (Å²) < 4.78 is 4.88. The minimum atomic E-state index is -0.427. The summed E-state index contributed by atoms with van der Waals surface area (Å²) in [5.41, 5.74) is 13.0. The van der Waals surface area contributed by atoms with Crippen LogP contribution >= 0.6 is 12.4 Å². The number of benzene rings is 1. The van der Waals surface area contributed by atoms with Gasteiger partial charge in [0.15, 0.2) is 5.96 Å². The number of carbonyl (C=O) groups is 1. The van der Waals surface area contributed by atoms with E-state index >= 15 is 0 Å². The molecule has 1 aromatic heterocycles. The Balaban J connectivity index is 0.00000220. The van der Waals surface area contributed by atoms with Crippen LogP contribution in [0, 0.1) is 0 Å². The minimum Gasteiger partial charge on any atom is -0.461 e. The number of nitrogens with zero attached hydrogens (tertiary/aromatic N) is 2. The average Bonchev–Trinajstić information content (AvgIpc) is 2.89. The van der Waals surface area contributed by atoms with Crippen LogP contribution in [0.25, 0.3) is 11.3 Å². The first kappa shape index (κ1) is 16.5. The molecule has 2 rings (SSSR count). The SMILES string of the molecule is CCOC(=O)c1cc(-c2ccc(N=C(N)N)cc2)n[nH]1.Cl. The van der Waals surface area contributed by atoms with Crippen LogP contribution in [0.3, 0.4) is 0 Å². The number of H-pyrrole nitrogens is 1. The van der Waals surface area contributed by atoms with Gasteiger partial charge in [0.25, 0.3) is 0 Å². The van der Waals surface area contributed by atoms with Gasteiger partial charge in [-0.05, 0) is 25.1 Å². The Kier molecular flexibility index (Phi) is 5.74. The van der Waals surface area contributed by atoms with Gasteiger partial charge in [0.2, 0.25) is 0 Å². The van der Waals surface area contributed by atoms with E-state index in [0.717, 1.165) is 5.56 Å². The molecule has 0 fully saturated rings. The van der Waals surface area contributed by atoms with Crippen LogP contribution < -0.4 is 11.5 Å². The number of aromatic nitrogens is 2. The predicted octanol–water partition coefficient (Wildman–Crippen LogP) is 1.58. The van der Waals surface area contributed by atoms with E-state index in [4.69, 9.17) is 16.2 Å². The third-order valence-electron chi connectivity index (χ3n) is 2.49. The van der Waals surface area contributed by atoms with Crippen molar-refractivity contribution in [1.29, 1.82) is 0 Å². The molecular formula is C13H16ClN5O2. The zero-order valence-corrected chi connectivity index (χ0v) is 12.2. The lowest BCUT2D eigenvalue weighted by Gasteiger charge is -1.98. The Bertz CT molecular complexity index is 632. The van der Waals surface area contributed by atoms with Gasteiger partial charge in [-0.15, -0.1) is 12.4 Å². The third kappa shape index (κ3) is 4.22. The average molecular weight is 310 g/mol. The molecule has 0 aliphatic carbocycles. The van der Waals surface area contributed by atoms with E-state index in [2.05, 4.69) is 15.2 Å². The molecule has 0 unspecified atom stereocenters. The minimum absolute atomic E-state index is 0. The molecule has 5 N–H and O–H groups in total. The van der Waals surface area contributed by atoms with Gasteiger partial charge < -0.3 is 16.2 Å². The molecule has 0 radical (unpaired) electrons. The Morgan fingerprint density at radius 3 is 2.57 bits per heavy atom. The molecule has 0 atom stereocenters. The molecule has 0 spiro atoms. The van der Waals surface area contributed by atoms with Crippen LogP contribution in [0.1, 0.15) is 17.4 Å². The molecule has 1 aromatic carbocycles. The number of esters is 1. The van der Waals surface area contributed by atoms with Crippen molar-refractivity contribution in [3.8, 4) is 11.3 Å². The van der Waals surface area contributed by atoms with E-state index < -0.39 is 5.97 Å².